The van der Waals surface area contributed by atoms with E-state index in [-0.39, 0.29) is 0 Å². The van der Waals surface area contributed by atoms with Crippen LogP contribution in [-0.2, 0) is 16.0 Å². The summed E-state index contributed by atoms with van der Waals surface area (Å²) >= 11 is 1.40. The number of rotatable bonds is 4. The predicted octanol–water partition coefficient (Wildman–Crippen LogP) is 0.985. The Bertz CT molecular complexity index is 381. The molecule has 5 nitrogen and oxygen atoms in total. The van der Waals surface area contributed by atoms with E-state index in [1.54, 1.807) is 12.3 Å². The van der Waals surface area contributed by atoms with Gasteiger partial charge in [-0.1, -0.05) is 0 Å². The molecule has 6 heteroatoms. The van der Waals surface area contributed by atoms with Crippen LogP contribution in [0.1, 0.15) is 4.88 Å². The SMILES string of the molecule is O=C=Nc1cnsc1CCN1CCOCC1. The molecule has 86 valence electrons. The Hall–Kier alpha value is -1.07. The van der Waals surface area contributed by atoms with Gasteiger partial charge in [-0.2, -0.15) is 9.37 Å². The van der Waals surface area contributed by atoms with E-state index < -0.39 is 0 Å². The summed E-state index contributed by atoms with van der Waals surface area (Å²) < 4.78 is 9.31. The van der Waals surface area contributed by atoms with Gasteiger partial charge in [0.05, 0.1) is 24.3 Å². The first-order valence-electron chi connectivity index (χ1n) is 5.21. The summed E-state index contributed by atoms with van der Waals surface area (Å²) in [7, 11) is 0. The van der Waals surface area contributed by atoms with Crippen LogP contribution in [0.2, 0.25) is 0 Å². The number of aromatic nitrogens is 1. The first-order valence-corrected chi connectivity index (χ1v) is 5.99. The molecule has 2 rings (SSSR count). The minimum absolute atomic E-state index is 0.660. The Balaban J connectivity index is 1.88. The topological polar surface area (TPSA) is 54.8 Å². The van der Waals surface area contributed by atoms with Crippen molar-refractivity contribution in [3.63, 3.8) is 0 Å². The summed E-state index contributed by atoms with van der Waals surface area (Å²) in [6.07, 6.45) is 4.05. The molecule has 0 aromatic carbocycles. The molecule has 0 saturated carbocycles. The highest BCUT2D eigenvalue weighted by atomic mass is 32.1. The van der Waals surface area contributed by atoms with Crippen molar-refractivity contribution in [2.24, 2.45) is 4.99 Å². The van der Waals surface area contributed by atoms with Gasteiger partial charge >= 0.3 is 0 Å². The van der Waals surface area contributed by atoms with E-state index in [0.717, 1.165) is 44.1 Å². The van der Waals surface area contributed by atoms with Crippen molar-refractivity contribution < 1.29 is 9.53 Å². The predicted molar refractivity (Wildman–Crippen MR) is 60.9 cm³/mol. The third-order valence-electron chi connectivity index (χ3n) is 2.55. The van der Waals surface area contributed by atoms with Gasteiger partial charge in [-0.15, -0.1) is 0 Å². The van der Waals surface area contributed by atoms with Gasteiger partial charge in [0.15, 0.2) is 0 Å². The van der Waals surface area contributed by atoms with Crippen LogP contribution >= 0.6 is 11.5 Å². The molecule has 1 aliphatic rings. The van der Waals surface area contributed by atoms with Crippen LogP contribution in [0, 0.1) is 0 Å². The van der Waals surface area contributed by atoms with Gasteiger partial charge in [-0.05, 0) is 18.0 Å². The maximum absolute atomic E-state index is 10.2. The number of carbonyl (C=O) groups excluding carboxylic acids is 1. The van der Waals surface area contributed by atoms with Gasteiger partial charge in [0.25, 0.3) is 0 Å². The number of aliphatic imine (C=N–C) groups is 1. The first kappa shape index (κ1) is 11.4. The zero-order valence-corrected chi connectivity index (χ0v) is 9.70. The number of ether oxygens (including phenoxy) is 1. The normalized spacial score (nSPS) is 17.0. The molecule has 1 aromatic rings. The van der Waals surface area contributed by atoms with Gasteiger partial charge in [-0.25, -0.2) is 4.79 Å². The molecule has 1 aromatic heterocycles. The summed E-state index contributed by atoms with van der Waals surface area (Å²) in [6, 6.07) is 0. The molecular weight excluding hydrogens is 226 g/mol. The van der Waals surface area contributed by atoms with Crippen molar-refractivity contribution in [1.82, 2.24) is 9.27 Å². The maximum Gasteiger partial charge on any atom is 0.240 e. The molecule has 1 saturated heterocycles. The van der Waals surface area contributed by atoms with E-state index in [1.165, 1.54) is 11.5 Å². The van der Waals surface area contributed by atoms with Gasteiger partial charge in [-0.3, -0.25) is 4.90 Å². The lowest BCUT2D eigenvalue weighted by atomic mass is 10.3. The number of nitrogens with zero attached hydrogens (tertiary/aromatic N) is 3. The van der Waals surface area contributed by atoms with Crippen molar-refractivity contribution in [2.45, 2.75) is 6.42 Å². The van der Waals surface area contributed by atoms with Crippen molar-refractivity contribution in [3.05, 3.63) is 11.1 Å². The molecule has 0 atom stereocenters. The molecule has 16 heavy (non-hydrogen) atoms. The molecular formula is C10H13N3O2S. The zero-order valence-electron chi connectivity index (χ0n) is 8.89. The van der Waals surface area contributed by atoms with E-state index in [2.05, 4.69) is 14.3 Å². The maximum atomic E-state index is 10.2. The molecule has 0 bridgehead atoms. The Morgan fingerprint density at radius 1 is 1.56 bits per heavy atom. The highest BCUT2D eigenvalue weighted by Gasteiger charge is 2.12. The Morgan fingerprint density at radius 3 is 3.12 bits per heavy atom. The van der Waals surface area contributed by atoms with E-state index in [0.29, 0.717) is 5.69 Å². The average Bonchev–Trinajstić information content (AvgIpc) is 2.76. The lowest BCUT2D eigenvalue weighted by molar-refractivity contribution is 0.0385. The van der Waals surface area contributed by atoms with Crippen LogP contribution in [-0.4, -0.2) is 48.2 Å². The quantitative estimate of drug-likeness (QED) is 0.580. The van der Waals surface area contributed by atoms with Crippen LogP contribution in [0.5, 0.6) is 0 Å². The van der Waals surface area contributed by atoms with E-state index in [4.69, 9.17) is 4.74 Å². The molecule has 2 heterocycles. The zero-order chi connectivity index (χ0) is 11.2. The second-order valence-electron chi connectivity index (χ2n) is 3.54. The fraction of sp³-hybridized carbons (Fsp3) is 0.600. The third-order valence-corrected chi connectivity index (χ3v) is 3.39. The number of morpholine rings is 1. The second kappa shape index (κ2) is 5.86. The van der Waals surface area contributed by atoms with Crippen LogP contribution in [0.3, 0.4) is 0 Å². The molecule has 0 radical (unpaired) electrons. The van der Waals surface area contributed by atoms with E-state index in [1.807, 2.05) is 0 Å². The number of hydrogen-bond acceptors (Lipinski definition) is 6. The lowest BCUT2D eigenvalue weighted by Gasteiger charge is -2.26. The molecule has 0 spiro atoms. The molecule has 1 aliphatic heterocycles. The average molecular weight is 239 g/mol. The summed E-state index contributed by atoms with van der Waals surface area (Å²) in [5.41, 5.74) is 0.660. The summed E-state index contributed by atoms with van der Waals surface area (Å²) in [5, 5.41) is 0. The van der Waals surface area contributed by atoms with Gasteiger partial charge in [0.2, 0.25) is 6.08 Å². The van der Waals surface area contributed by atoms with E-state index >= 15 is 0 Å². The second-order valence-corrected chi connectivity index (χ2v) is 4.43. The third kappa shape index (κ3) is 2.96. The smallest absolute Gasteiger partial charge is 0.240 e. The Kier molecular flexibility index (Phi) is 4.18. The summed E-state index contributed by atoms with van der Waals surface area (Å²) in [5.74, 6) is 0. The highest BCUT2D eigenvalue weighted by molar-refractivity contribution is 7.06. The lowest BCUT2D eigenvalue weighted by Crippen LogP contribution is -2.37. The largest absolute Gasteiger partial charge is 0.379 e. The summed E-state index contributed by atoms with van der Waals surface area (Å²) in [4.78, 5) is 17.2. The fourth-order valence-corrected chi connectivity index (χ4v) is 2.31. The van der Waals surface area contributed by atoms with Gasteiger partial charge in [0, 0.05) is 19.6 Å². The van der Waals surface area contributed by atoms with Crippen molar-refractivity contribution in [2.75, 3.05) is 32.8 Å². The van der Waals surface area contributed by atoms with Crippen molar-refractivity contribution >= 4 is 23.3 Å². The molecule has 0 amide bonds. The fourth-order valence-electron chi connectivity index (χ4n) is 1.66. The Labute approximate surface area is 97.9 Å². The van der Waals surface area contributed by atoms with Crippen LogP contribution in [0.25, 0.3) is 0 Å². The van der Waals surface area contributed by atoms with Crippen LogP contribution in [0.15, 0.2) is 11.2 Å². The van der Waals surface area contributed by atoms with E-state index in [9.17, 15) is 4.79 Å². The number of isocyanates is 1. The van der Waals surface area contributed by atoms with Crippen molar-refractivity contribution in [3.8, 4) is 0 Å². The number of hydrogen-bond donors (Lipinski definition) is 0. The van der Waals surface area contributed by atoms with Crippen LogP contribution < -0.4 is 0 Å². The highest BCUT2D eigenvalue weighted by Crippen LogP contribution is 2.22. The summed E-state index contributed by atoms with van der Waals surface area (Å²) in [6.45, 7) is 4.53. The van der Waals surface area contributed by atoms with Crippen molar-refractivity contribution in [1.29, 1.82) is 0 Å². The molecule has 0 N–H and O–H groups in total. The standard InChI is InChI=1S/C10H13N3O2S/c14-8-11-9-7-12-16-10(9)1-2-13-3-5-15-6-4-13/h7H,1-6H2. The molecule has 1 fully saturated rings. The molecule has 0 aliphatic carbocycles. The van der Waals surface area contributed by atoms with Crippen LogP contribution in [0.4, 0.5) is 5.69 Å². The first-order chi connectivity index (χ1) is 7.90. The minimum atomic E-state index is 0.660. The monoisotopic (exact) mass is 239 g/mol. The van der Waals surface area contributed by atoms with Gasteiger partial charge < -0.3 is 4.74 Å². The minimum Gasteiger partial charge on any atom is -0.379 e. The Morgan fingerprint density at radius 2 is 2.38 bits per heavy atom. The van der Waals surface area contributed by atoms with Gasteiger partial charge in [0.1, 0.15) is 5.69 Å². The molecule has 0 unspecified atom stereocenters.